The number of hydrogen-bond donors (Lipinski definition) is 1. The number of hydrogen-bond acceptors (Lipinski definition) is 5. The van der Waals surface area contributed by atoms with Crippen molar-refractivity contribution >= 4 is 17.2 Å². The minimum absolute atomic E-state index is 0.160. The van der Waals surface area contributed by atoms with Gasteiger partial charge in [-0.25, -0.2) is 0 Å². The van der Waals surface area contributed by atoms with Gasteiger partial charge in [0.2, 0.25) is 6.79 Å². The molecule has 0 saturated heterocycles. The zero-order valence-electron chi connectivity index (χ0n) is 13.0. The minimum Gasteiger partial charge on any atom is -0.454 e. The van der Waals surface area contributed by atoms with E-state index in [0.29, 0.717) is 23.6 Å². The molecule has 6 nitrogen and oxygen atoms in total. The van der Waals surface area contributed by atoms with Crippen molar-refractivity contribution < 1.29 is 14.3 Å². The number of aryl methyl sites for hydroxylation is 1. The second-order valence-electron chi connectivity index (χ2n) is 5.37. The molecule has 0 fully saturated rings. The third-order valence-corrected chi connectivity index (χ3v) is 4.71. The number of amides is 1. The van der Waals surface area contributed by atoms with Gasteiger partial charge in [-0.3, -0.25) is 9.48 Å². The highest BCUT2D eigenvalue weighted by molar-refractivity contribution is 7.13. The van der Waals surface area contributed by atoms with Crippen molar-refractivity contribution in [2.45, 2.75) is 6.54 Å². The Morgan fingerprint density at radius 3 is 3.00 bits per heavy atom. The lowest BCUT2D eigenvalue weighted by atomic mass is 10.2. The van der Waals surface area contributed by atoms with E-state index in [-0.39, 0.29) is 12.7 Å². The van der Waals surface area contributed by atoms with Crippen molar-refractivity contribution in [2.24, 2.45) is 7.05 Å². The molecule has 0 radical (unpaired) electrons. The largest absolute Gasteiger partial charge is 0.454 e. The molecule has 0 aliphatic carbocycles. The lowest BCUT2D eigenvalue weighted by molar-refractivity contribution is 0.0949. The fraction of sp³-hybridized carbons (Fsp3) is 0.176. The second-order valence-corrected chi connectivity index (χ2v) is 6.32. The summed E-state index contributed by atoms with van der Waals surface area (Å²) in [5.74, 6) is 1.11. The van der Waals surface area contributed by atoms with Crippen LogP contribution >= 0.6 is 11.3 Å². The number of benzene rings is 1. The summed E-state index contributed by atoms with van der Waals surface area (Å²) in [4.78, 5) is 13.4. The summed E-state index contributed by atoms with van der Waals surface area (Å²) >= 11 is 1.64. The first-order valence-corrected chi connectivity index (χ1v) is 8.33. The smallest absolute Gasteiger partial charge is 0.251 e. The van der Waals surface area contributed by atoms with Gasteiger partial charge in [-0.15, -0.1) is 11.3 Å². The van der Waals surface area contributed by atoms with Crippen LogP contribution in [0.1, 0.15) is 16.1 Å². The first-order valence-electron chi connectivity index (χ1n) is 7.45. The van der Waals surface area contributed by atoms with Gasteiger partial charge in [0.25, 0.3) is 5.91 Å². The molecule has 4 rings (SSSR count). The van der Waals surface area contributed by atoms with E-state index in [1.54, 1.807) is 34.2 Å². The molecule has 3 aromatic rings. The normalized spacial score (nSPS) is 12.4. The number of fused-ring (bicyclic) bond motifs is 1. The van der Waals surface area contributed by atoms with Crippen molar-refractivity contribution in [2.75, 3.05) is 6.79 Å². The molecule has 1 amide bonds. The lowest BCUT2D eigenvalue weighted by Gasteiger charge is -2.06. The highest BCUT2D eigenvalue weighted by Crippen LogP contribution is 2.32. The van der Waals surface area contributed by atoms with E-state index in [4.69, 9.17) is 9.47 Å². The average molecular weight is 341 g/mol. The maximum atomic E-state index is 12.3. The summed E-state index contributed by atoms with van der Waals surface area (Å²) in [6.07, 6.45) is 0. The Bertz CT molecular complexity index is 887. The van der Waals surface area contributed by atoms with Crippen LogP contribution in [0.5, 0.6) is 11.5 Å². The molecule has 0 unspecified atom stereocenters. The van der Waals surface area contributed by atoms with Gasteiger partial charge in [0.1, 0.15) is 5.69 Å². The Hall–Kier alpha value is -2.80. The summed E-state index contributed by atoms with van der Waals surface area (Å²) < 4.78 is 12.3. The molecule has 0 spiro atoms. The van der Waals surface area contributed by atoms with Crippen LogP contribution in [-0.2, 0) is 13.6 Å². The van der Waals surface area contributed by atoms with Gasteiger partial charge in [0.15, 0.2) is 11.5 Å². The van der Waals surface area contributed by atoms with E-state index in [2.05, 4.69) is 10.4 Å². The summed E-state index contributed by atoms with van der Waals surface area (Å²) in [6, 6.07) is 11.2. The first kappa shape index (κ1) is 14.8. The van der Waals surface area contributed by atoms with E-state index in [0.717, 1.165) is 16.3 Å². The Kier molecular flexibility index (Phi) is 3.70. The summed E-state index contributed by atoms with van der Waals surface area (Å²) in [6.45, 7) is 0.600. The van der Waals surface area contributed by atoms with E-state index in [9.17, 15) is 4.79 Å². The molecule has 0 atom stereocenters. The maximum Gasteiger partial charge on any atom is 0.251 e. The fourth-order valence-corrected chi connectivity index (χ4v) is 3.21. The van der Waals surface area contributed by atoms with Crippen LogP contribution in [0.2, 0.25) is 0 Å². The zero-order valence-corrected chi connectivity index (χ0v) is 13.8. The van der Waals surface area contributed by atoms with Crippen LogP contribution in [0.25, 0.3) is 10.6 Å². The summed E-state index contributed by atoms with van der Waals surface area (Å²) in [7, 11) is 1.87. The van der Waals surface area contributed by atoms with Crippen LogP contribution < -0.4 is 14.8 Å². The van der Waals surface area contributed by atoms with Crippen LogP contribution in [0.15, 0.2) is 41.8 Å². The molecule has 1 aliphatic heterocycles. The van der Waals surface area contributed by atoms with Crippen molar-refractivity contribution in [1.82, 2.24) is 15.1 Å². The van der Waals surface area contributed by atoms with Gasteiger partial charge < -0.3 is 14.8 Å². The van der Waals surface area contributed by atoms with Gasteiger partial charge in [-0.05, 0) is 35.7 Å². The summed E-state index contributed by atoms with van der Waals surface area (Å²) in [5.41, 5.74) is 2.40. The minimum atomic E-state index is -0.160. The molecule has 1 N–H and O–H groups in total. The third kappa shape index (κ3) is 2.74. The predicted molar refractivity (Wildman–Crippen MR) is 90.3 cm³/mol. The topological polar surface area (TPSA) is 65.4 Å². The second kappa shape index (κ2) is 6.01. The third-order valence-electron chi connectivity index (χ3n) is 3.82. The Labute approximate surface area is 142 Å². The van der Waals surface area contributed by atoms with Gasteiger partial charge >= 0.3 is 0 Å². The Morgan fingerprint density at radius 2 is 2.17 bits per heavy atom. The fourth-order valence-electron chi connectivity index (χ4n) is 2.53. The standard InChI is InChI=1S/C17H15N3O3S/c1-20-12(8-13(19-20)16-3-2-6-24-16)9-18-17(21)11-4-5-14-15(7-11)23-10-22-14/h2-8H,9-10H2,1H3,(H,18,21). The number of carbonyl (C=O) groups excluding carboxylic acids is 1. The molecule has 3 heterocycles. The van der Waals surface area contributed by atoms with Crippen LogP contribution in [0, 0.1) is 0 Å². The van der Waals surface area contributed by atoms with Crippen LogP contribution in [0.3, 0.4) is 0 Å². The molecule has 24 heavy (non-hydrogen) atoms. The quantitative estimate of drug-likeness (QED) is 0.792. The van der Waals surface area contributed by atoms with Gasteiger partial charge in [0, 0.05) is 12.6 Å². The monoisotopic (exact) mass is 341 g/mol. The van der Waals surface area contributed by atoms with E-state index in [1.165, 1.54) is 0 Å². The van der Waals surface area contributed by atoms with E-state index < -0.39 is 0 Å². The molecule has 0 saturated carbocycles. The number of thiophene rings is 1. The Balaban J connectivity index is 1.46. The first-order chi connectivity index (χ1) is 11.7. The molecule has 2 aromatic heterocycles. The molecule has 1 aliphatic rings. The lowest BCUT2D eigenvalue weighted by Crippen LogP contribution is -2.23. The van der Waals surface area contributed by atoms with E-state index >= 15 is 0 Å². The molecular weight excluding hydrogens is 326 g/mol. The number of ether oxygens (including phenoxy) is 2. The predicted octanol–water partition coefficient (Wildman–Crippen LogP) is 2.81. The molecule has 1 aromatic carbocycles. The average Bonchev–Trinajstić information content (AvgIpc) is 3.32. The van der Waals surface area contributed by atoms with Gasteiger partial charge in [-0.2, -0.15) is 5.10 Å². The van der Waals surface area contributed by atoms with Gasteiger partial charge in [0.05, 0.1) is 17.1 Å². The van der Waals surface area contributed by atoms with Crippen LogP contribution in [0.4, 0.5) is 0 Å². The molecular formula is C17H15N3O3S. The van der Waals surface area contributed by atoms with Gasteiger partial charge in [-0.1, -0.05) is 6.07 Å². The highest BCUT2D eigenvalue weighted by Gasteiger charge is 2.16. The van der Waals surface area contributed by atoms with Crippen LogP contribution in [-0.4, -0.2) is 22.5 Å². The highest BCUT2D eigenvalue weighted by atomic mass is 32.1. The maximum absolute atomic E-state index is 12.3. The zero-order chi connectivity index (χ0) is 16.5. The van der Waals surface area contributed by atoms with Crippen molar-refractivity contribution in [3.63, 3.8) is 0 Å². The number of rotatable bonds is 4. The van der Waals surface area contributed by atoms with Crippen molar-refractivity contribution in [1.29, 1.82) is 0 Å². The Morgan fingerprint density at radius 1 is 1.29 bits per heavy atom. The van der Waals surface area contributed by atoms with E-state index in [1.807, 2.05) is 30.6 Å². The number of nitrogens with zero attached hydrogens (tertiary/aromatic N) is 2. The van der Waals surface area contributed by atoms with Crippen molar-refractivity contribution in [3.8, 4) is 22.1 Å². The summed E-state index contributed by atoms with van der Waals surface area (Å²) in [5, 5.41) is 9.42. The number of aromatic nitrogens is 2. The molecule has 7 heteroatoms. The molecule has 122 valence electrons. The number of nitrogens with one attached hydrogen (secondary N) is 1. The number of carbonyl (C=O) groups is 1. The SMILES string of the molecule is Cn1nc(-c2cccs2)cc1CNC(=O)c1ccc2c(c1)OCO2. The van der Waals surface area contributed by atoms with Crippen molar-refractivity contribution in [3.05, 3.63) is 53.0 Å². The molecule has 0 bridgehead atoms.